The van der Waals surface area contributed by atoms with E-state index in [9.17, 15) is 14.0 Å². The first-order valence-electron chi connectivity index (χ1n) is 12.2. The number of carbonyl (C=O) groups excluding carboxylic acids is 1. The van der Waals surface area contributed by atoms with Crippen molar-refractivity contribution in [2.45, 2.75) is 13.0 Å². The summed E-state index contributed by atoms with van der Waals surface area (Å²) in [6.07, 6.45) is 1.72. The Morgan fingerprint density at radius 2 is 1.79 bits per heavy atom. The fourth-order valence-corrected chi connectivity index (χ4v) is 5.47. The van der Waals surface area contributed by atoms with Crippen molar-refractivity contribution in [1.29, 1.82) is 0 Å². The quantitative estimate of drug-likeness (QED) is 0.328. The minimum atomic E-state index is -0.879. The third kappa shape index (κ3) is 5.00. The zero-order chi connectivity index (χ0) is 27.5. The maximum absolute atomic E-state index is 13.9. The van der Waals surface area contributed by atoms with Gasteiger partial charge in [-0.15, -0.1) is 0 Å². The number of fused-ring (bicyclic) bond motifs is 1. The Bertz CT molecular complexity index is 1740. The van der Waals surface area contributed by atoms with Gasteiger partial charge in [-0.05, 0) is 42.8 Å². The molecule has 1 atom stereocenters. The molecule has 2 heterocycles. The van der Waals surface area contributed by atoms with Crippen LogP contribution in [0.4, 0.5) is 4.39 Å². The van der Waals surface area contributed by atoms with Crippen LogP contribution < -0.4 is 24.4 Å². The van der Waals surface area contributed by atoms with Crippen LogP contribution in [0.3, 0.4) is 0 Å². The third-order valence-electron chi connectivity index (χ3n) is 6.29. The Labute approximate surface area is 227 Å². The number of aromatic nitrogens is 1. The van der Waals surface area contributed by atoms with Gasteiger partial charge < -0.3 is 14.2 Å². The maximum Gasteiger partial charge on any atom is 0.338 e. The van der Waals surface area contributed by atoms with E-state index in [1.807, 2.05) is 30.3 Å². The SMILES string of the molecule is CCOC(=O)C1=C(c2ccccc2)N=c2s/c(=C\c3ccc(OC)cc3OC)c(=O)n2C1c1ccc(F)cc1. The van der Waals surface area contributed by atoms with Crippen molar-refractivity contribution < 1.29 is 23.4 Å². The number of methoxy groups -OCH3 is 2. The molecule has 9 heteroatoms. The average Bonchev–Trinajstić information content (AvgIpc) is 3.27. The summed E-state index contributed by atoms with van der Waals surface area (Å²) in [4.78, 5) is 32.6. The molecule has 1 aliphatic rings. The summed E-state index contributed by atoms with van der Waals surface area (Å²) in [6, 6.07) is 19.4. The first-order valence-corrected chi connectivity index (χ1v) is 13.0. The van der Waals surface area contributed by atoms with Crippen LogP contribution in [0.2, 0.25) is 0 Å². The topological polar surface area (TPSA) is 79.1 Å². The summed E-state index contributed by atoms with van der Waals surface area (Å²) >= 11 is 1.19. The van der Waals surface area contributed by atoms with Crippen LogP contribution in [0.5, 0.6) is 11.5 Å². The molecule has 0 saturated heterocycles. The molecule has 3 aromatic carbocycles. The molecular weight excluding hydrogens is 519 g/mol. The predicted molar refractivity (Wildman–Crippen MR) is 147 cm³/mol. The highest BCUT2D eigenvalue weighted by Gasteiger charge is 2.35. The summed E-state index contributed by atoms with van der Waals surface area (Å²) in [5.41, 5.74) is 2.18. The van der Waals surface area contributed by atoms with Gasteiger partial charge in [-0.1, -0.05) is 53.8 Å². The van der Waals surface area contributed by atoms with E-state index in [1.165, 1.54) is 28.0 Å². The minimum Gasteiger partial charge on any atom is -0.497 e. The minimum absolute atomic E-state index is 0.141. The fourth-order valence-electron chi connectivity index (χ4n) is 4.48. The Morgan fingerprint density at radius 1 is 1.05 bits per heavy atom. The van der Waals surface area contributed by atoms with Crippen LogP contribution in [0.25, 0.3) is 11.8 Å². The number of carbonyl (C=O) groups is 1. The van der Waals surface area contributed by atoms with E-state index in [0.717, 1.165) is 0 Å². The average molecular weight is 545 g/mol. The van der Waals surface area contributed by atoms with E-state index in [1.54, 1.807) is 57.6 Å². The van der Waals surface area contributed by atoms with Crippen molar-refractivity contribution in [3.63, 3.8) is 0 Å². The largest absolute Gasteiger partial charge is 0.497 e. The number of thiazole rings is 1. The maximum atomic E-state index is 13.9. The molecule has 4 aromatic rings. The van der Waals surface area contributed by atoms with Crippen molar-refractivity contribution in [3.05, 3.63) is 121 Å². The van der Waals surface area contributed by atoms with Gasteiger partial charge in [0.1, 0.15) is 17.3 Å². The van der Waals surface area contributed by atoms with E-state index >= 15 is 0 Å². The molecule has 0 amide bonds. The van der Waals surface area contributed by atoms with Crippen molar-refractivity contribution in [3.8, 4) is 11.5 Å². The first-order chi connectivity index (χ1) is 18.9. The summed E-state index contributed by atoms with van der Waals surface area (Å²) in [5.74, 6) is 0.129. The summed E-state index contributed by atoms with van der Waals surface area (Å²) in [5, 5.41) is 0. The molecule has 0 bridgehead atoms. The molecule has 0 saturated carbocycles. The van der Waals surface area contributed by atoms with E-state index < -0.39 is 17.8 Å². The summed E-state index contributed by atoms with van der Waals surface area (Å²) in [6.45, 7) is 1.85. The molecule has 5 rings (SSSR count). The molecule has 0 fully saturated rings. The number of rotatable bonds is 7. The molecule has 1 aliphatic heterocycles. The van der Waals surface area contributed by atoms with Crippen LogP contribution in [0.1, 0.15) is 29.7 Å². The normalized spacial score (nSPS) is 15.0. The van der Waals surface area contributed by atoms with Gasteiger partial charge in [0.15, 0.2) is 4.80 Å². The molecular formula is C30H25FN2O5S. The fraction of sp³-hybridized carbons (Fsp3) is 0.167. The van der Waals surface area contributed by atoms with Gasteiger partial charge in [-0.3, -0.25) is 9.36 Å². The van der Waals surface area contributed by atoms with Crippen molar-refractivity contribution >= 4 is 29.1 Å². The second kappa shape index (κ2) is 11.1. The Hall–Kier alpha value is -4.50. The Balaban J connectivity index is 1.81. The van der Waals surface area contributed by atoms with Crippen molar-refractivity contribution in [2.75, 3.05) is 20.8 Å². The number of ether oxygens (including phenoxy) is 3. The number of benzene rings is 3. The lowest BCUT2D eigenvalue weighted by Crippen LogP contribution is -2.40. The molecule has 7 nitrogen and oxygen atoms in total. The number of halogens is 1. The zero-order valence-corrected chi connectivity index (χ0v) is 22.3. The summed E-state index contributed by atoms with van der Waals surface area (Å²) < 4.78 is 32.0. The van der Waals surface area contributed by atoms with Gasteiger partial charge in [0.25, 0.3) is 5.56 Å². The number of hydrogen-bond acceptors (Lipinski definition) is 7. The smallest absolute Gasteiger partial charge is 0.338 e. The highest BCUT2D eigenvalue weighted by molar-refractivity contribution is 7.07. The van der Waals surface area contributed by atoms with E-state index in [0.29, 0.717) is 43.2 Å². The van der Waals surface area contributed by atoms with Crippen LogP contribution in [-0.2, 0) is 9.53 Å². The molecule has 1 unspecified atom stereocenters. The highest BCUT2D eigenvalue weighted by Crippen LogP contribution is 2.35. The second-order valence-electron chi connectivity index (χ2n) is 8.59. The molecule has 0 N–H and O–H groups in total. The van der Waals surface area contributed by atoms with Crippen molar-refractivity contribution in [2.24, 2.45) is 4.99 Å². The lowest BCUT2D eigenvalue weighted by molar-refractivity contribution is -0.138. The number of hydrogen-bond donors (Lipinski definition) is 0. The first kappa shape index (κ1) is 26.1. The van der Waals surface area contributed by atoms with Crippen LogP contribution >= 0.6 is 11.3 Å². The van der Waals surface area contributed by atoms with Gasteiger partial charge in [-0.25, -0.2) is 14.2 Å². The van der Waals surface area contributed by atoms with E-state index in [4.69, 9.17) is 19.2 Å². The second-order valence-corrected chi connectivity index (χ2v) is 9.60. The standard InChI is InChI=1S/C30H25FN2O5S/c1-4-38-29(35)25-26(18-8-6-5-7-9-18)32-30-33(27(25)19-10-13-21(31)14-11-19)28(34)24(39-30)16-20-12-15-22(36-2)17-23(20)37-3/h5-17,27H,4H2,1-3H3/b24-16-. The molecule has 0 spiro atoms. The molecule has 39 heavy (non-hydrogen) atoms. The van der Waals surface area contributed by atoms with Gasteiger partial charge in [-0.2, -0.15) is 0 Å². The van der Waals surface area contributed by atoms with Gasteiger partial charge >= 0.3 is 5.97 Å². The Morgan fingerprint density at radius 3 is 2.46 bits per heavy atom. The van der Waals surface area contributed by atoms with Crippen LogP contribution in [-0.4, -0.2) is 31.4 Å². The van der Waals surface area contributed by atoms with Gasteiger partial charge in [0.2, 0.25) is 0 Å². The zero-order valence-electron chi connectivity index (χ0n) is 21.5. The molecule has 0 aliphatic carbocycles. The lowest BCUT2D eigenvalue weighted by Gasteiger charge is -2.25. The number of nitrogens with zero attached hydrogens (tertiary/aromatic N) is 2. The monoisotopic (exact) mass is 544 g/mol. The highest BCUT2D eigenvalue weighted by atomic mass is 32.1. The van der Waals surface area contributed by atoms with Crippen LogP contribution in [0, 0.1) is 5.82 Å². The van der Waals surface area contributed by atoms with E-state index in [-0.39, 0.29) is 17.7 Å². The van der Waals surface area contributed by atoms with Crippen molar-refractivity contribution in [1.82, 2.24) is 4.57 Å². The Kier molecular flexibility index (Phi) is 7.42. The lowest BCUT2D eigenvalue weighted by atomic mass is 9.93. The van der Waals surface area contributed by atoms with Gasteiger partial charge in [0.05, 0.1) is 42.7 Å². The molecule has 0 radical (unpaired) electrons. The van der Waals surface area contributed by atoms with Crippen LogP contribution in [0.15, 0.2) is 88.2 Å². The molecule has 1 aromatic heterocycles. The predicted octanol–water partition coefficient (Wildman–Crippen LogP) is 4.09. The number of esters is 1. The van der Waals surface area contributed by atoms with Gasteiger partial charge in [0, 0.05) is 17.2 Å². The molecule has 198 valence electrons. The summed E-state index contributed by atoms with van der Waals surface area (Å²) in [7, 11) is 3.10. The van der Waals surface area contributed by atoms with E-state index in [2.05, 4.69) is 0 Å². The third-order valence-corrected chi connectivity index (χ3v) is 7.27.